The fraction of sp³-hybridized carbons (Fsp3) is 0.273. The predicted octanol–water partition coefficient (Wildman–Crippen LogP) is 3.76. The van der Waals surface area contributed by atoms with Gasteiger partial charge in [-0.3, -0.25) is 19.7 Å². The number of nitro groups is 1. The van der Waals surface area contributed by atoms with Crippen LogP contribution in [0.25, 0.3) is 5.57 Å². The monoisotopic (exact) mass is 425 g/mol. The summed E-state index contributed by atoms with van der Waals surface area (Å²) in [5, 5.41) is 11.6. The molecule has 0 saturated carbocycles. The molecule has 3 rings (SSSR count). The first kappa shape index (κ1) is 21.6. The lowest BCUT2D eigenvalue weighted by Crippen LogP contribution is -2.50. The number of rotatable bonds is 5. The van der Waals surface area contributed by atoms with Crippen LogP contribution in [0.5, 0.6) is 0 Å². The molecule has 7 nitrogen and oxygen atoms in total. The topological polar surface area (TPSA) is 83.8 Å². The zero-order valence-corrected chi connectivity index (χ0v) is 17.8. The maximum absolute atomic E-state index is 12.8. The Kier molecular flexibility index (Phi) is 6.56. The zero-order chi connectivity index (χ0) is 21.8. The molecule has 2 amide bonds. The standard InChI is InChI=1S/C22H23N3O4S/c1-15-4-7-19(8-5-15)30-21-9-6-18(14-20(21)25(28)29)16(2)22(27)24-12-10-23(11-13-24)17(3)26/h4-9,14H,2,10-13H2,1,3H3. The van der Waals surface area contributed by atoms with Crippen molar-refractivity contribution in [3.05, 3.63) is 70.3 Å². The van der Waals surface area contributed by atoms with Crippen LogP contribution >= 0.6 is 11.8 Å². The second-order valence-corrected chi connectivity index (χ2v) is 8.25. The maximum Gasteiger partial charge on any atom is 0.283 e. The number of carbonyl (C=O) groups is 2. The molecule has 0 radical (unpaired) electrons. The van der Waals surface area contributed by atoms with E-state index in [4.69, 9.17) is 0 Å². The van der Waals surface area contributed by atoms with E-state index >= 15 is 0 Å². The van der Waals surface area contributed by atoms with Crippen LogP contribution in [0.2, 0.25) is 0 Å². The molecule has 0 unspecified atom stereocenters. The Hall–Kier alpha value is -3.13. The molecule has 8 heteroatoms. The van der Waals surface area contributed by atoms with Gasteiger partial charge in [0.1, 0.15) is 0 Å². The molecule has 2 aromatic rings. The van der Waals surface area contributed by atoms with E-state index in [9.17, 15) is 19.7 Å². The average Bonchev–Trinajstić information content (AvgIpc) is 2.74. The molecular formula is C22H23N3O4S. The lowest BCUT2D eigenvalue weighted by Gasteiger charge is -2.34. The minimum absolute atomic E-state index is 0.0155. The van der Waals surface area contributed by atoms with Crippen LogP contribution in [-0.2, 0) is 9.59 Å². The largest absolute Gasteiger partial charge is 0.339 e. The van der Waals surface area contributed by atoms with Gasteiger partial charge in [0.05, 0.1) is 9.82 Å². The van der Waals surface area contributed by atoms with Crippen LogP contribution in [0.3, 0.4) is 0 Å². The summed E-state index contributed by atoms with van der Waals surface area (Å²) in [6.07, 6.45) is 0. The van der Waals surface area contributed by atoms with Gasteiger partial charge in [-0.2, -0.15) is 0 Å². The van der Waals surface area contributed by atoms with Crippen molar-refractivity contribution in [2.45, 2.75) is 23.6 Å². The molecule has 1 saturated heterocycles. The third-order valence-corrected chi connectivity index (χ3v) is 6.10. The van der Waals surface area contributed by atoms with E-state index in [1.165, 1.54) is 24.8 Å². The number of amides is 2. The molecule has 0 bridgehead atoms. The van der Waals surface area contributed by atoms with Crippen molar-refractivity contribution < 1.29 is 14.5 Å². The first-order valence-corrected chi connectivity index (χ1v) is 10.3. The van der Waals surface area contributed by atoms with Gasteiger partial charge in [-0.25, -0.2) is 0 Å². The van der Waals surface area contributed by atoms with Gasteiger partial charge in [0.25, 0.3) is 11.6 Å². The number of piperazine rings is 1. The molecule has 0 aliphatic carbocycles. The van der Waals surface area contributed by atoms with E-state index < -0.39 is 4.92 Å². The smallest absolute Gasteiger partial charge is 0.283 e. The van der Waals surface area contributed by atoms with E-state index in [1.54, 1.807) is 21.9 Å². The van der Waals surface area contributed by atoms with E-state index in [2.05, 4.69) is 6.58 Å². The van der Waals surface area contributed by atoms with E-state index in [0.29, 0.717) is 36.6 Å². The summed E-state index contributed by atoms with van der Waals surface area (Å²) >= 11 is 1.31. The summed E-state index contributed by atoms with van der Waals surface area (Å²) in [4.78, 5) is 40.2. The predicted molar refractivity (Wildman–Crippen MR) is 116 cm³/mol. The van der Waals surface area contributed by atoms with Crippen molar-refractivity contribution in [1.29, 1.82) is 0 Å². The van der Waals surface area contributed by atoms with Gasteiger partial charge in [-0.15, -0.1) is 0 Å². The number of carbonyl (C=O) groups excluding carboxylic acids is 2. The maximum atomic E-state index is 12.8. The molecule has 0 aromatic heterocycles. The van der Waals surface area contributed by atoms with E-state index in [0.717, 1.165) is 10.5 Å². The Morgan fingerprint density at radius 3 is 2.20 bits per heavy atom. The average molecular weight is 426 g/mol. The molecule has 1 aliphatic rings. The Morgan fingerprint density at radius 2 is 1.63 bits per heavy atom. The molecule has 156 valence electrons. The van der Waals surface area contributed by atoms with Crippen molar-refractivity contribution in [1.82, 2.24) is 9.80 Å². The van der Waals surface area contributed by atoms with Crippen molar-refractivity contribution >= 4 is 34.8 Å². The second-order valence-electron chi connectivity index (χ2n) is 7.13. The van der Waals surface area contributed by atoms with E-state index in [-0.39, 0.29) is 23.1 Å². The van der Waals surface area contributed by atoms with Crippen LogP contribution in [0.15, 0.2) is 58.8 Å². The van der Waals surface area contributed by atoms with Gasteiger partial charge in [0.15, 0.2) is 0 Å². The van der Waals surface area contributed by atoms with Crippen molar-refractivity contribution in [2.75, 3.05) is 26.2 Å². The summed E-state index contributed by atoms with van der Waals surface area (Å²) in [5.74, 6) is -0.287. The fourth-order valence-corrected chi connectivity index (χ4v) is 4.11. The van der Waals surface area contributed by atoms with Crippen LogP contribution in [-0.4, -0.2) is 52.7 Å². The third kappa shape index (κ3) is 4.88. The van der Waals surface area contributed by atoms with Crippen molar-refractivity contribution in [2.24, 2.45) is 0 Å². The number of benzene rings is 2. The van der Waals surface area contributed by atoms with Crippen LogP contribution < -0.4 is 0 Å². The first-order chi connectivity index (χ1) is 14.3. The summed E-state index contributed by atoms with van der Waals surface area (Å²) in [6, 6.07) is 12.5. The Bertz CT molecular complexity index is 996. The highest BCUT2D eigenvalue weighted by atomic mass is 32.2. The number of hydrogen-bond donors (Lipinski definition) is 0. The highest BCUT2D eigenvalue weighted by Crippen LogP contribution is 2.36. The molecule has 0 spiro atoms. The lowest BCUT2D eigenvalue weighted by molar-refractivity contribution is -0.387. The lowest BCUT2D eigenvalue weighted by atomic mass is 10.1. The second kappa shape index (κ2) is 9.13. The quantitative estimate of drug-likeness (QED) is 0.414. The summed E-state index contributed by atoms with van der Waals surface area (Å²) in [7, 11) is 0. The Labute approximate surface area is 179 Å². The Balaban J connectivity index is 1.77. The first-order valence-electron chi connectivity index (χ1n) is 9.53. The molecular weight excluding hydrogens is 402 g/mol. The van der Waals surface area contributed by atoms with Crippen LogP contribution in [0.4, 0.5) is 5.69 Å². The van der Waals surface area contributed by atoms with Gasteiger partial charge in [0.2, 0.25) is 5.91 Å². The highest BCUT2D eigenvalue weighted by Gasteiger charge is 2.26. The van der Waals surface area contributed by atoms with Gasteiger partial charge in [-0.1, -0.05) is 42.1 Å². The highest BCUT2D eigenvalue weighted by molar-refractivity contribution is 7.99. The molecule has 0 N–H and O–H groups in total. The Morgan fingerprint density at radius 1 is 1.03 bits per heavy atom. The van der Waals surface area contributed by atoms with Crippen molar-refractivity contribution in [3.8, 4) is 0 Å². The molecule has 1 fully saturated rings. The number of nitrogens with zero attached hydrogens (tertiary/aromatic N) is 3. The number of aryl methyl sites for hydroxylation is 1. The third-order valence-electron chi connectivity index (χ3n) is 5.02. The minimum atomic E-state index is -0.441. The van der Waals surface area contributed by atoms with Gasteiger partial charge in [-0.05, 0) is 30.7 Å². The minimum Gasteiger partial charge on any atom is -0.339 e. The number of nitro benzene ring substituents is 1. The molecule has 1 aliphatic heterocycles. The molecule has 30 heavy (non-hydrogen) atoms. The molecule has 0 atom stereocenters. The molecule has 2 aromatic carbocycles. The summed E-state index contributed by atoms with van der Waals surface area (Å²) < 4.78 is 0. The van der Waals surface area contributed by atoms with E-state index in [1.807, 2.05) is 31.2 Å². The van der Waals surface area contributed by atoms with Crippen molar-refractivity contribution in [3.63, 3.8) is 0 Å². The summed E-state index contributed by atoms with van der Waals surface area (Å²) in [6.45, 7) is 9.14. The number of hydrogen-bond acceptors (Lipinski definition) is 5. The summed E-state index contributed by atoms with van der Waals surface area (Å²) in [5.41, 5.74) is 1.69. The fourth-order valence-electron chi connectivity index (χ4n) is 3.21. The van der Waals surface area contributed by atoms with Crippen LogP contribution in [0.1, 0.15) is 18.1 Å². The van der Waals surface area contributed by atoms with Gasteiger partial charge < -0.3 is 9.80 Å². The van der Waals surface area contributed by atoms with Crippen LogP contribution in [0, 0.1) is 17.0 Å². The normalized spacial score (nSPS) is 13.8. The SMILES string of the molecule is C=C(C(=O)N1CCN(C(C)=O)CC1)c1ccc(Sc2ccc(C)cc2)c([N+](=O)[O-])c1. The van der Waals surface area contributed by atoms with Gasteiger partial charge >= 0.3 is 0 Å². The molecule has 1 heterocycles. The zero-order valence-electron chi connectivity index (χ0n) is 17.0. The van der Waals surface area contributed by atoms with Gasteiger partial charge in [0, 0.05) is 49.6 Å².